The molecule has 0 aromatic heterocycles. The summed E-state index contributed by atoms with van der Waals surface area (Å²) in [5.74, 6) is 0. The molecule has 0 spiro atoms. The van der Waals surface area contributed by atoms with Gasteiger partial charge in [0, 0.05) is 28.7 Å². The largest absolute Gasteiger partial charge is 0.312 e. The molecule has 2 unspecified atom stereocenters. The Labute approximate surface area is 125 Å². The van der Waals surface area contributed by atoms with Crippen molar-refractivity contribution >= 4 is 23.2 Å². The number of likely N-dealkylation sites (tertiary alicyclic amines) is 1. The van der Waals surface area contributed by atoms with Crippen molar-refractivity contribution in [3.63, 3.8) is 0 Å². The number of halogens is 2. The highest BCUT2D eigenvalue weighted by molar-refractivity contribution is 6.33. The highest BCUT2D eigenvalue weighted by Crippen LogP contribution is 2.29. The summed E-state index contributed by atoms with van der Waals surface area (Å²) in [6.45, 7) is 3.26. The smallest absolute Gasteiger partial charge is 0.0452 e. The first-order valence-corrected chi connectivity index (χ1v) is 7.91. The quantitative estimate of drug-likeness (QED) is 0.915. The molecule has 2 aliphatic heterocycles. The zero-order chi connectivity index (χ0) is 13.2. The predicted molar refractivity (Wildman–Crippen MR) is 80.9 cm³/mol. The molecule has 0 radical (unpaired) electrons. The van der Waals surface area contributed by atoms with E-state index >= 15 is 0 Å². The second-order valence-corrected chi connectivity index (χ2v) is 6.46. The van der Waals surface area contributed by atoms with Crippen molar-refractivity contribution in [3.05, 3.63) is 33.8 Å². The van der Waals surface area contributed by atoms with Crippen LogP contribution in [0.2, 0.25) is 10.0 Å². The van der Waals surface area contributed by atoms with Gasteiger partial charge in [0.1, 0.15) is 0 Å². The van der Waals surface area contributed by atoms with Crippen molar-refractivity contribution in [2.24, 2.45) is 0 Å². The molecule has 2 nitrogen and oxygen atoms in total. The molecule has 2 atom stereocenters. The first-order valence-electron chi connectivity index (χ1n) is 7.15. The molecule has 2 aliphatic rings. The predicted octanol–water partition coefficient (Wildman–Crippen LogP) is 3.71. The molecular formula is C15H20Cl2N2. The highest BCUT2D eigenvalue weighted by Gasteiger charge is 2.33. The van der Waals surface area contributed by atoms with Crippen molar-refractivity contribution in [1.29, 1.82) is 0 Å². The molecule has 1 aromatic rings. The first-order chi connectivity index (χ1) is 9.24. The maximum atomic E-state index is 6.28. The molecule has 104 valence electrons. The van der Waals surface area contributed by atoms with E-state index < -0.39 is 0 Å². The van der Waals surface area contributed by atoms with Gasteiger partial charge in [-0.25, -0.2) is 0 Å². The third kappa shape index (κ3) is 3.08. The Morgan fingerprint density at radius 1 is 1.21 bits per heavy atom. The number of benzene rings is 1. The number of hydrogen-bond acceptors (Lipinski definition) is 2. The zero-order valence-electron chi connectivity index (χ0n) is 11.0. The third-order valence-electron chi connectivity index (χ3n) is 4.36. The van der Waals surface area contributed by atoms with Crippen molar-refractivity contribution in [3.8, 4) is 0 Å². The van der Waals surface area contributed by atoms with Gasteiger partial charge in [0.15, 0.2) is 0 Å². The molecule has 0 amide bonds. The number of hydrogen-bond donors (Lipinski definition) is 1. The monoisotopic (exact) mass is 298 g/mol. The van der Waals surface area contributed by atoms with E-state index in [1.807, 2.05) is 18.2 Å². The van der Waals surface area contributed by atoms with Crippen LogP contribution in [0.3, 0.4) is 0 Å². The van der Waals surface area contributed by atoms with Gasteiger partial charge in [-0.2, -0.15) is 0 Å². The minimum atomic E-state index is 0.664. The number of nitrogens with one attached hydrogen (secondary N) is 1. The van der Waals surface area contributed by atoms with Crippen molar-refractivity contribution in [2.45, 2.75) is 44.3 Å². The molecule has 2 fully saturated rings. The van der Waals surface area contributed by atoms with E-state index in [2.05, 4.69) is 10.2 Å². The van der Waals surface area contributed by atoms with Gasteiger partial charge >= 0.3 is 0 Å². The summed E-state index contributed by atoms with van der Waals surface area (Å²) in [6.07, 6.45) is 5.22. The fourth-order valence-corrected chi connectivity index (χ4v) is 3.80. The summed E-state index contributed by atoms with van der Waals surface area (Å²) >= 11 is 12.4. The fourth-order valence-electron chi connectivity index (χ4n) is 3.43. The molecule has 1 aromatic carbocycles. The highest BCUT2D eigenvalue weighted by atomic mass is 35.5. The Morgan fingerprint density at radius 2 is 2.11 bits per heavy atom. The van der Waals surface area contributed by atoms with Crippen LogP contribution in [-0.4, -0.2) is 30.1 Å². The van der Waals surface area contributed by atoms with E-state index in [9.17, 15) is 0 Å². The average molecular weight is 299 g/mol. The van der Waals surface area contributed by atoms with Gasteiger partial charge in [-0.05, 0) is 62.5 Å². The number of nitrogens with zero attached hydrogens (tertiary/aromatic N) is 1. The van der Waals surface area contributed by atoms with Crippen molar-refractivity contribution in [1.82, 2.24) is 10.2 Å². The summed E-state index contributed by atoms with van der Waals surface area (Å²) in [6, 6.07) is 7.09. The second-order valence-electron chi connectivity index (χ2n) is 5.62. The molecule has 1 N–H and O–H groups in total. The summed E-state index contributed by atoms with van der Waals surface area (Å²) in [5, 5.41) is 5.24. The van der Waals surface area contributed by atoms with Gasteiger partial charge in [-0.1, -0.05) is 23.2 Å². The van der Waals surface area contributed by atoms with Crippen molar-refractivity contribution in [2.75, 3.05) is 13.1 Å². The fraction of sp³-hybridized carbons (Fsp3) is 0.600. The SMILES string of the molecule is Clc1ccc(Cl)c(CN2CCCC2C2CCCN2)c1. The third-order valence-corrected chi connectivity index (χ3v) is 4.96. The van der Waals surface area contributed by atoms with E-state index in [1.165, 1.54) is 38.8 Å². The Morgan fingerprint density at radius 3 is 2.89 bits per heavy atom. The summed E-state index contributed by atoms with van der Waals surface area (Å²) < 4.78 is 0. The Hall–Kier alpha value is -0.280. The van der Waals surface area contributed by atoms with Gasteiger partial charge in [0.05, 0.1) is 0 Å². The van der Waals surface area contributed by atoms with E-state index in [4.69, 9.17) is 23.2 Å². The van der Waals surface area contributed by atoms with Crippen LogP contribution in [0.5, 0.6) is 0 Å². The van der Waals surface area contributed by atoms with Crippen LogP contribution >= 0.6 is 23.2 Å². The maximum Gasteiger partial charge on any atom is 0.0452 e. The molecule has 4 heteroatoms. The lowest BCUT2D eigenvalue weighted by Crippen LogP contribution is -2.43. The molecule has 3 rings (SSSR count). The molecule has 2 heterocycles. The van der Waals surface area contributed by atoms with Gasteiger partial charge in [0.2, 0.25) is 0 Å². The molecule has 0 saturated carbocycles. The minimum Gasteiger partial charge on any atom is -0.312 e. The lowest BCUT2D eigenvalue weighted by Gasteiger charge is -2.29. The molecular weight excluding hydrogens is 279 g/mol. The first kappa shape index (κ1) is 13.7. The second kappa shape index (κ2) is 6.01. The molecule has 0 bridgehead atoms. The molecule has 0 aliphatic carbocycles. The van der Waals surface area contributed by atoms with Crippen LogP contribution in [0.25, 0.3) is 0 Å². The van der Waals surface area contributed by atoms with E-state index in [1.54, 1.807) is 0 Å². The lowest BCUT2D eigenvalue weighted by atomic mass is 10.0. The summed E-state index contributed by atoms with van der Waals surface area (Å²) in [7, 11) is 0. The van der Waals surface area contributed by atoms with Crippen molar-refractivity contribution < 1.29 is 0 Å². The Bertz CT molecular complexity index is 444. The summed E-state index contributed by atoms with van der Waals surface area (Å²) in [5.41, 5.74) is 1.15. The van der Waals surface area contributed by atoms with E-state index in [-0.39, 0.29) is 0 Å². The Balaban J connectivity index is 1.72. The van der Waals surface area contributed by atoms with Gasteiger partial charge in [-0.15, -0.1) is 0 Å². The van der Waals surface area contributed by atoms with Gasteiger partial charge < -0.3 is 5.32 Å². The van der Waals surface area contributed by atoms with Crippen LogP contribution in [0, 0.1) is 0 Å². The number of rotatable bonds is 3. The van der Waals surface area contributed by atoms with Crippen LogP contribution in [0.1, 0.15) is 31.2 Å². The topological polar surface area (TPSA) is 15.3 Å². The van der Waals surface area contributed by atoms with Crippen LogP contribution in [0.4, 0.5) is 0 Å². The van der Waals surface area contributed by atoms with E-state index in [0.717, 1.165) is 22.2 Å². The normalized spacial score (nSPS) is 28.1. The lowest BCUT2D eigenvalue weighted by molar-refractivity contribution is 0.206. The standard InChI is InChI=1S/C15H20Cl2N2/c16-12-5-6-13(17)11(9-12)10-19-8-2-4-15(19)14-3-1-7-18-14/h5-6,9,14-15,18H,1-4,7-8,10H2. The van der Waals surface area contributed by atoms with Gasteiger partial charge in [-0.3, -0.25) is 4.90 Å². The molecule has 2 saturated heterocycles. The average Bonchev–Trinajstić information content (AvgIpc) is 3.03. The minimum absolute atomic E-state index is 0.664. The summed E-state index contributed by atoms with van der Waals surface area (Å²) in [4.78, 5) is 2.57. The van der Waals surface area contributed by atoms with Crippen LogP contribution < -0.4 is 5.32 Å². The zero-order valence-corrected chi connectivity index (χ0v) is 12.6. The van der Waals surface area contributed by atoms with Crippen LogP contribution in [0.15, 0.2) is 18.2 Å². The molecule has 19 heavy (non-hydrogen) atoms. The van der Waals surface area contributed by atoms with E-state index in [0.29, 0.717) is 12.1 Å². The van der Waals surface area contributed by atoms with Gasteiger partial charge in [0.25, 0.3) is 0 Å². The maximum absolute atomic E-state index is 6.28. The van der Waals surface area contributed by atoms with Crippen LogP contribution in [-0.2, 0) is 6.54 Å². The Kier molecular flexibility index (Phi) is 4.33.